The average molecular weight is 239 g/mol. The third-order valence-corrected chi connectivity index (χ3v) is 2.64. The normalized spacial score (nSPS) is 10.3. The second-order valence-corrected chi connectivity index (χ2v) is 3.85. The first-order chi connectivity index (χ1) is 8.24. The molecule has 0 unspecified atom stereocenters. The zero-order valence-corrected chi connectivity index (χ0v) is 10.0. The highest BCUT2D eigenvalue weighted by Crippen LogP contribution is 2.21. The molecule has 1 aromatic carbocycles. The highest BCUT2D eigenvalue weighted by atomic mass is 19.1. The second kappa shape index (κ2) is 7.01. The summed E-state index contributed by atoms with van der Waals surface area (Å²) < 4.78 is 13.5. The van der Waals surface area contributed by atoms with Crippen molar-refractivity contribution in [2.75, 3.05) is 24.6 Å². The van der Waals surface area contributed by atoms with Crippen LogP contribution >= 0.6 is 0 Å². The number of anilines is 1. The fourth-order valence-electron chi connectivity index (χ4n) is 1.74. The van der Waals surface area contributed by atoms with Crippen LogP contribution in [0.1, 0.15) is 30.1 Å². The van der Waals surface area contributed by atoms with Gasteiger partial charge in [-0.25, -0.2) is 4.39 Å². The predicted molar refractivity (Wildman–Crippen MR) is 66.0 cm³/mol. The van der Waals surface area contributed by atoms with Crippen molar-refractivity contribution < 1.29 is 14.3 Å². The second-order valence-electron chi connectivity index (χ2n) is 3.85. The van der Waals surface area contributed by atoms with Gasteiger partial charge in [0.05, 0.1) is 17.9 Å². The fourth-order valence-corrected chi connectivity index (χ4v) is 1.74. The monoisotopic (exact) mass is 239 g/mol. The van der Waals surface area contributed by atoms with Gasteiger partial charge >= 0.3 is 0 Å². The van der Waals surface area contributed by atoms with Crippen molar-refractivity contribution in [2.45, 2.75) is 19.8 Å². The van der Waals surface area contributed by atoms with E-state index in [2.05, 4.69) is 6.92 Å². The Morgan fingerprint density at radius 2 is 2.18 bits per heavy atom. The van der Waals surface area contributed by atoms with Crippen LogP contribution in [-0.4, -0.2) is 31.1 Å². The number of nitrogens with zero attached hydrogens (tertiary/aromatic N) is 1. The van der Waals surface area contributed by atoms with Crippen LogP contribution in [0.5, 0.6) is 0 Å². The van der Waals surface area contributed by atoms with E-state index >= 15 is 0 Å². The van der Waals surface area contributed by atoms with Gasteiger partial charge in [0, 0.05) is 13.1 Å². The number of halogens is 1. The van der Waals surface area contributed by atoms with Crippen molar-refractivity contribution in [3.8, 4) is 0 Å². The summed E-state index contributed by atoms with van der Waals surface area (Å²) in [6.07, 6.45) is 2.48. The predicted octanol–water partition coefficient (Wildman–Crippen LogP) is 2.24. The lowest BCUT2D eigenvalue weighted by Crippen LogP contribution is -2.28. The molecule has 94 valence electrons. The SMILES string of the molecule is CCCCN(CCO)c1cccc(F)c1C=O. The molecule has 0 aliphatic carbocycles. The first kappa shape index (κ1) is 13.6. The van der Waals surface area contributed by atoms with Gasteiger partial charge in [-0.3, -0.25) is 4.79 Å². The number of carbonyl (C=O) groups excluding carboxylic acids is 1. The maximum atomic E-state index is 13.5. The highest BCUT2D eigenvalue weighted by molar-refractivity contribution is 5.85. The van der Waals surface area contributed by atoms with Crippen LogP contribution in [0.2, 0.25) is 0 Å². The smallest absolute Gasteiger partial charge is 0.155 e. The lowest BCUT2D eigenvalue weighted by Gasteiger charge is -2.25. The molecule has 17 heavy (non-hydrogen) atoms. The van der Waals surface area contributed by atoms with Crippen molar-refractivity contribution in [2.24, 2.45) is 0 Å². The molecule has 0 aliphatic rings. The number of aliphatic hydroxyl groups excluding tert-OH is 1. The number of unbranched alkanes of at least 4 members (excludes halogenated alkanes) is 1. The van der Waals surface area contributed by atoms with Crippen molar-refractivity contribution in [1.29, 1.82) is 0 Å². The molecule has 0 atom stereocenters. The van der Waals surface area contributed by atoms with Gasteiger partial charge in [0.15, 0.2) is 6.29 Å². The maximum Gasteiger partial charge on any atom is 0.155 e. The minimum atomic E-state index is -0.517. The molecule has 1 aromatic rings. The zero-order chi connectivity index (χ0) is 12.7. The lowest BCUT2D eigenvalue weighted by atomic mass is 10.1. The Labute approximate surface area is 101 Å². The number of benzene rings is 1. The van der Waals surface area contributed by atoms with Gasteiger partial charge in [-0.1, -0.05) is 19.4 Å². The Balaban J connectivity index is 2.99. The zero-order valence-electron chi connectivity index (χ0n) is 10.0. The molecule has 0 heterocycles. The topological polar surface area (TPSA) is 40.5 Å². The summed E-state index contributed by atoms with van der Waals surface area (Å²) in [5.41, 5.74) is 0.625. The lowest BCUT2D eigenvalue weighted by molar-refractivity contribution is 0.112. The third-order valence-electron chi connectivity index (χ3n) is 2.64. The Bertz CT molecular complexity index is 368. The van der Waals surface area contributed by atoms with Crippen molar-refractivity contribution in [1.82, 2.24) is 0 Å². The highest BCUT2D eigenvalue weighted by Gasteiger charge is 2.13. The molecular formula is C13H18FNO2. The van der Waals surface area contributed by atoms with E-state index in [9.17, 15) is 9.18 Å². The molecule has 0 aromatic heterocycles. The van der Waals surface area contributed by atoms with Crippen LogP contribution in [-0.2, 0) is 0 Å². The van der Waals surface area contributed by atoms with Crippen molar-refractivity contribution >= 4 is 12.0 Å². The molecule has 3 nitrogen and oxygen atoms in total. The first-order valence-electron chi connectivity index (χ1n) is 5.84. The standard InChI is InChI=1S/C13H18FNO2/c1-2-3-7-15(8-9-16)13-6-4-5-12(14)11(13)10-17/h4-6,10,16H,2-3,7-9H2,1H3. The Kier molecular flexibility index (Phi) is 5.63. The van der Waals surface area contributed by atoms with E-state index in [4.69, 9.17) is 5.11 Å². The summed E-state index contributed by atoms with van der Waals surface area (Å²) in [4.78, 5) is 12.7. The number of aldehydes is 1. The summed E-state index contributed by atoms with van der Waals surface area (Å²) in [5, 5.41) is 9.01. The molecule has 0 saturated carbocycles. The summed E-state index contributed by atoms with van der Waals surface area (Å²) in [7, 11) is 0. The van der Waals surface area contributed by atoms with E-state index in [-0.39, 0.29) is 12.2 Å². The molecule has 0 spiro atoms. The third kappa shape index (κ3) is 3.53. The van der Waals surface area contributed by atoms with Crippen LogP contribution < -0.4 is 4.90 Å². The van der Waals surface area contributed by atoms with E-state index < -0.39 is 5.82 Å². The Morgan fingerprint density at radius 3 is 2.76 bits per heavy atom. The molecule has 0 amide bonds. The summed E-state index contributed by atoms with van der Waals surface area (Å²) in [6, 6.07) is 4.55. The molecule has 0 bridgehead atoms. The molecule has 0 aliphatic heterocycles. The van der Waals surface area contributed by atoms with Crippen molar-refractivity contribution in [3.05, 3.63) is 29.6 Å². The van der Waals surface area contributed by atoms with Crippen LogP contribution in [0.15, 0.2) is 18.2 Å². The van der Waals surface area contributed by atoms with Gasteiger partial charge in [0.25, 0.3) is 0 Å². The van der Waals surface area contributed by atoms with Crippen LogP contribution in [0, 0.1) is 5.82 Å². The largest absolute Gasteiger partial charge is 0.395 e. The first-order valence-corrected chi connectivity index (χ1v) is 5.84. The van der Waals surface area contributed by atoms with Crippen LogP contribution in [0.25, 0.3) is 0 Å². The number of hydrogen-bond acceptors (Lipinski definition) is 3. The van der Waals surface area contributed by atoms with Crippen LogP contribution in [0.4, 0.5) is 10.1 Å². The van der Waals surface area contributed by atoms with E-state index in [0.29, 0.717) is 25.1 Å². The van der Waals surface area contributed by atoms with Crippen molar-refractivity contribution in [3.63, 3.8) is 0 Å². The number of carbonyl (C=O) groups is 1. The number of hydrogen-bond donors (Lipinski definition) is 1. The maximum absolute atomic E-state index is 13.5. The summed E-state index contributed by atoms with van der Waals surface area (Å²) in [5.74, 6) is -0.517. The van der Waals surface area contributed by atoms with Gasteiger partial charge in [-0.2, -0.15) is 0 Å². The Morgan fingerprint density at radius 1 is 1.41 bits per heavy atom. The van der Waals surface area contributed by atoms with E-state index in [1.807, 2.05) is 4.90 Å². The van der Waals surface area contributed by atoms with Crippen LogP contribution in [0.3, 0.4) is 0 Å². The van der Waals surface area contributed by atoms with E-state index in [0.717, 1.165) is 12.8 Å². The molecule has 0 fully saturated rings. The quantitative estimate of drug-likeness (QED) is 0.742. The van der Waals surface area contributed by atoms with E-state index in [1.165, 1.54) is 6.07 Å². The molecule has 1 N–H and O–H groups in total. The van der Waals surface area contributed by atoms with E-state index in [1.54, 1.807) is 12.1 Å². The van der Waals surface area contributed by atoms with Gasteiger partial charge in [-0.15, -0.1) is 0 Å². The minimum absolute atomic E-state index is 0.0154. The van der Waals surface area contributed by atoms with Gasteiger partial charge in [-0.05, 0) is 18.6 Å². The molecule has 0 radical (unpaired) electrons. The number of rotatable bonds is 7. The molecule has 4 heteroatoms. The Hall–Kier alpha value is -1.42. The van der Waals surface area contributed by atoms with Gasteiger partial charge < -0.3 is 10.0 Å². The fraction of sp³-hybridized carbons (Fsp3) is 0.462. The summed E-state index contributed by atoms with van der Waals surface area (Å²) >= 11 is 0. The van der Waals surface area contributed by atoms with Gasteiger partial charge in [0.2, 0.25) is 0 Å². The average Bonchev–Trinajstić information content (AvgIpc) is 2.34. The molecular weight excluding hydrogens is 221 g/mol. The van der Waals surface area contributed by atoms with Gasteiger partial charge in [0.1, 0.15) is 5.82 Å². The molecule has 0 saturated heterocycles. The summed E-state index contributed by atoms with van der Waals surface area (Å²) in [6.45, 7) is 3.16. The minimum Gasteiger partial charge on any atom is -0.395 e. The molecule has 1 rings (SSSR count). The number of aliphatic hydroxyl groups is 1.